The lowest BCUT2D eigenvalue weighted by Crippen LogP contribution is -2.26. The Morgan fingerprint density at radius 3 is 2.11 bits per heavy atom. The lowest BCUT2D eigenvalue weighted by molar-refractivity contribution is 0.187. The Kier molecular flexibility index (Phi) is 3.15. The van der Waals surface area contributed by atoms with Crippen LogP contribution in [0.5, 0.6) is 0 Å². The largest absolute Gasteiger partial charge is 0.391 e. The molecule has 0 amide bonds. The second kappa shape index (κ2) is 3.18. The van der Waals surface area contributed by atoms with E-state index in [1.165, 1.54) is 0 Å². The van der Waals surface area contributed by atoms with Crippen molar-refractivity contribution >= 4 is 0 Å². The van der Waals surface area contributed by atoms with Crippen molar-refractivity contribution in [1.29, 1.82) is 0 Å². The first-order chi connectivity index (χ1) is 3.95. The van der Waals surface area contributed by atoms with Crippen LogP contribution in [0.1, 0.15) is 20.8 Å². The van der Waals surface area contributed by atoms with Gasteiger partial charge < -0.3 is 10.8 Å². The van der Waals surface area contributed by atoms with E-state index >= 15 is 0 Å². The molecule has 0 spiro atoms. The summed E-state index contributed by atoms with van der Waals surface area (Å²) in [6.07, 6.45) is 1.39. The third kappa shape index (κ3) is 5.80. The van der Waals surface area contributed by atoms with E-state index < -0.39 is 6.10 Å². The van der Waals surface area contributed by atoms with Crippen molar-refractivity contribution in [2.45, 2.75) is 26.9 Å². The Labute approximate surface area is 57.1 Å². The van der Waals surface area contributed by atoms with Crippen LogP contribution in [0.4, 0.5) is 0 Å². The average molecular weight is 130 g/mol. The molecule has 0 saturated heterocycles. The Morgan fingerprint density at radius 1 is 1.56 bits per heavy atom. The Morgan fingerprint density at radius 2 is 2.00 bits per heavy atom. The van der Waals surface area contributed by atoms with Crippen molar-refractivity contribution in [2.24, 2.45) is 11.1 Å². The summed E-state index contributed by atoms with van der Waals surface area (Å²) in [6, 6.07) is 0. The molecule has 0 heterocycles. The van der Waals surface area contributed by atoms with E-state index in [0.29, 0.717) is 6.54 Å². The van der Waals surface area contributed by atoms with Crippen LogP contribution in [0.25, 0.3) is 0 Å². The van der Waals surface area contributed by atoms with Gasteiger partial charge in [-0.05, 0) is 11.8 Å². The highest BCUT2D eigenvalue weighted by atomic mass is 16.3. The maximum atomic E-state index is 9.01. The Balaban J connectivity index is 3.47. The molecule has 2 heteroatoms. The van der Waals surface area contributed by atoms with Gasteiger partial charge in [-0.1, -0.05) is 20.8 Å². The molecule has 0 aromatic heterocycles. The highest BCUT2D eigenvalue weighted by Crippen LogP contribution is 2.18. The van der Waals surface area contributed by atoms with Crippen molar-refractivity contribution in [3.8, 4) is 0 Å². The van der Waals surface area contributed by atoms with Gasteiger partial charge in [0.25, 0.3) is 0 Å². The molecule has 0 aromatic rings. The van der Waals surface area contributed by atoms with E-state index in [0.717, 1.165) is 0 Å². The molecular weight excluding hydrogens is 114 g/mol. The lowest BCUT2D eigenvalue weighted by atomic mass is 9.89. The highest BCUT2D eigenvalue weighted by Gasteiger charge is 2.15. The van der Waals surface area contributed by atoms with E-state index in [1.54, 1.807) is 0 Å². The fourth-order valence-electron chi connectivity index (χ4n) is 0.645. The zero-order valence-corrected chi connectivity index (χ0v) is 6.39. The second-order valence-electron chi connectivity index (χ2n) is 3.34. The molecule has 9 heavy (non-hydrogen) atoms. The second-order valence-corrected chi connectivity index (χ2v) is 3.34. The summed E-state index contributed by atoms with van der Waals surface area (Å²) in [5.41, 5.74) is 5.27. The van der Waals surface area contributed by atoms with E-state index in [9.17, 15) is 0 Å². The highest BCUT2D eigenvalue weighted by molar-refractivity contribution is 4.87. The maximum Gasteiger partial charge on any atom is 0.0699 e. The molecule has 0 saturated carbocycles. The zero-order chi connectivity index (χ0) is 7.49. The SMILES string of the molecule is CC(C)(C)[CH]C(O)CN. The maximum absolute atomic E-state index is 9.01. The van der Waals surface area contributed by atoms with Gasteiger partial charge in [-0.2, -0.15) is 0 Å². The number of nitrogens with two attached hydrogens (primary N) is 1. The summed E-state index contributed by atoms with van der Waals surface area (Å²) in [4.78, 5) is 0. The number of aliphatic hydroxyl groups excluding tert-OH is 1. The summed E-state index contributed by atoms with van der Waals surface area (Å²) in [6.45, 7) is 6.42. The predicted octanol–water partition coefficient (Wildman–Crippen LogP) is 0.556. The van der Waals surface area contributed by atoms with Gasteiger partial charge in [0.15, 0.2) is 0 Å². The van der Waals surface area contributed by atoms with Gasteiger partial charge in [0, 0.05) is 6.54 Å². The fourth-order valence-corrected chi connectivity index (χ4v) is 0.645. The summed E-state index contributed by atoms with van der Waals surface area (Å²) in [5.74, 6) is 0. The minimum atomic E-state index is -0.454. The first-order valence-electron chi connectivity index (χ1n) is 3.20. The predicted molar refractivity (Wildman–Crippen MR) is 38.8 cm³/mol. The van der Waals surface area contributed by atoms with Crippen LogP contribution in [-0.2, 0) is 0 Å². The van der Waals surface area contributed by atoms with Crippen LogP contribution in [0.3, 0.4) is 0 Å². The van der Waals surface area contributed by atoms with E-state index in [4.69, 9.17) is 10.8 Å². The van der Waals surface area contributed by atoms with Crippen molar-refractivity contribution in [2.75, 3.05) is 6.54 Å². The molecule has 1 atom stereocenters. The van der Waals surface area contributed by atoms with Crippen molar-refractivity contribution in [3.05, 3.63) is 6.42 Å². The lowest BCUT2D eigenvalue weighted by Gasteiger charge is -2.20. The van der Waals surface area contributed by atoms with Gasteiger partial charge in [0.1, 0.15) is 0 Å². The monoisotopic (exact) mass is 130 g/mol. The first-order valence-corrected chi connectivity index (χ1v) is 3.20. The topological polar surface area (TPSA) is 46.2 Å². The van der Waals surface area contributed by atoms with Crippen LogP contribution in [0.2, 0.25) is 0 Å². The minimum Gasteiger partial charge on any atom is -0.391 e. The van der Waals surface area contributed by atoms with Gasteiger partial charge in [-0.3, -0.25) is 0 Å². The van der Waals surface area contributed by atoms with Crippen molar-refractivity contribution < 1.29 is 5.11 Å². The molecule has 2 nitrogen and oxygen atoms in total. The summed E-state index contributed by atoms with van der Waals surface area (Å²) < 4.78 is 0. The molecule has 1 radical (unpaired) electrons. The van der Waals surface area contributed by atoms with Gasteiger partial charge in [0.05, 0.1) is 6.10 Å². The average Bonchev–Trinajstić information content (AvgIpc) is 1.62. The normalized spacial score (nSPS) is 15.7. The van der Waals surface area contributed by atoms with E-state index in [-0.39, 0.29) is 5.41 Å². The number of rotatable bonds is 2. The van der Waals surface area contributed by atoms with E-state index in [2.05, 4.69) is 0 Å². The van der Waals surface area contributed by atoms with Gasteiger partial charge in [-0.25, -0.2) is 0 Å². The first kappa shape index (κ1) is 8.92. The molecule has 3 N–H and O–H groups in total. The number of hydrogen-bond donors (Lipinski definition) is 2. The van der Waals surface area contributed by atoms with Crippen LogP contribution in [0.15, 0.2) is 0 Å². The van der Waals surface area contributed by atoms with Crippen molar-refractivity contribution in [3.63, 3.8) is 0 Å². The molecular formula is C7H16NO. The molecule has 0 rings (SSSR count). The molecule has 0 aliphatic carbocycles. The standard InChI is InChI=1S/C7H16NO/c1-7(2,3)4-6(9)5-8/h4,6,9H,5,8H2,1-3H3. The van der Waals surface area contributed by atoms with Gasteiger partial charge >= 0.3 is 0 Å². The molecule has 0 aliphatic heterocycles. The summed E-state index contributed by atoms with van der Waals surface area (Å²) in [5, 5.41) is 9.01. The van der Waals surface area contributed by atoms with Gasteiger partial charge in [0.2, 0.25) is 0 Å². The minimum absolute atomic E-state index is 0.0682. The quantitative estimate of drug-likeness (QED) is 0.573. The zero-order valence-electron chi connectivity index (χ0n) is 6.39. The Hall–Kier alpha value is -0.0800. The molecule has 0 aliphatic rings. The van der Waals surface area contributed by atoms with Crippen LogP contribution in [-0.4, -0.2) is 17.8 Å². The fraction of sp³-hybridized carbons (Fsp3) is 0.857. The van der Waals surface area contributed by atoms with Crippen molar-refractivity contribution in [1.82, 2.24) is 0 Å². The number of aliphatic hydroxyl groups is 1. The number of hydrogen-bond acceptors (Lipinski definition) is 2. The van der Waals surface area contributed by atoms with Crippen LogP contribution in [0, 0.1) is 11.8 Å². The Bertz CT molecular complexity index is 75.5. The van der Waals surface area contributed by atoms with Crippen LogP contribution >= 0.6 is 0 Å². The van der Waals surface area contributed by atoms with Crippen LogP contribution < -0.4 is 5.73 Å². The smallest absolute Gasteiger partial charge is 0.0699 e. The molecule has 0 aromatic carbocycles. The third-order valence-electron chi connectivity index (χ3n) is 0.934. The summed E-state index contributed by atoms with van der Waals surface area (Å²) >= 11 is 0. The summed E-state index contributed by atoms with van der Waals surface area (Å²) in [7, 11) is 0. The molecule has 55 valence electrons. The van der Waals surface area contributed by atoms with E-state index in [1.807, 2.05) is 27.2 Å². The molecule has 0 fully saturated rings. The molecule has 0 bridgehead atoms. The molecule has 1 unspecified atom stereocenters. The van der Waals surface area contributed by atoms with Gasteiger partial charge in [-0.15, -0.1) is 0 Å². The third-order valence-corrected chi connectivity index (χ3v) is 0.934.